The number of carbonyl (C=O) groups excluding carboxylic acids is 1. The van der Waals surface area contributed by atoms with Crippen molar-refractivity contribution in [2.24, 2.45) is 13.0 Å². The summed E-state index contributed by atoms with van der Waals surface area (Å²) >= 11 is 0. The maximum absolute atomic E-state index is 10.8. The summed E-state index contributed by atoms with van der Waals surface area (Å²) in [5.41, 5.74) is 1.72. The summed E-state index contributed by atoms with van der Waals surface area (Å²) in [4.78, 5) is 13.3. The minimum absolute atomic E-state index is 0.670. The number of likely N-dealkylation sites (tertiary alicyclic amines) is 1. The van der Waals surface area contributed by atoms with Gasteiger partial charge in [-0.1, -0.05) is 6.92 Å². The lowest BCUT2D eigenvalue weighted by Gasteiger charge is -2.31. The Bertz CT molecular complexity index is 386. The Morgan fingerprint density at radius 2 is 2.41 bits per heavy atom. The third-order valence-electron chi connectivity index (χ3n) is 3.64. The first-order valence-electron chi connectivity index (χ1n) is 6.43. The zero-order valence-electron chi connectivity index (χ0n) is 10.7. The van der Waals surface area contributed by atoms with Gasteiger partial charge in [-0.3, -0.25) is 9.48 Å². The molecule has 1 aromatic heterocycles. The zero-order chi connectivity index (χ0) is 12.3. The van der Waals surface area contributed by atoms with Crippen LogP contribution in [-0.4, -0.2) is 40.6 Å². The number of nitrogens with zero attached hydrogens (tertiary/aromatic N) is 3. The van der Waals surface area contributed by atoms with Gasteiger partial charge in [0.05, 0.1) is 5.69 Å². The second kappa shape index (κ2) is 5.45. The molecule has 1 atom stereocenters. The molecule has 0 saturated carbocycles. The van der Waals surface area contributed by atoms with E-state index in [1.165, 1.54) is 25.9 Å². The molecule has 2 rings (SSSR count). The van der Waals surface area contributed by atoms with Gasteiger partial charge in [-0.05, 0) is 44.3 Å². The van der Waals surface area contributed by atoms with Gasteiger partial charge in [-0.2, -0.15) is 5.10 Å². The van der Waals surface area contributed by atoms with Crippen molar-refractivity contribution in [1.29, 1.82) is 0 Å². The highest BCUT2D eigenvalue weighted by Crippen LogP contribution is 2.20. The topological polar surface area (TPSA) is 38.1 Å². The molecule has 1 aromatic rings. The molecule has 4 heteroatoms. The minimum atomic E-state index is 0.670. The fourth-order valence-electron chi connectivity index (χ4n) is 2.65. The molecule has 0 aliphatic carbocycles. The van der Waals surface area contributed by atoms with Crippen LogP contribution in [0.5, 0.6) is 0 Å². The maximum atomic E-state index is 10.8. The van der Waals surface area contributed by atoms with Crippen molar-refractivity contribution in [2.45, 2.75) is 26.2 Å². The number of carbonyl (C=O) groups is 1. The zero-order valence-corrected chi connectivity index (χ0v) is 10.7. The van der Waals surface area contributed by atoms with Crippen molar-refractivity contribution < 1.29 is 4.79 Å². The number of aromatic nitrogens is 2. The molecule has 0 spiro atoms. The molecule has 0 amide bonds. The smallest absolute Gasteiger partial charge is 0.168 e. The summed E-state index contributed by atoms with van der Waals surface area (Å²) < 4.78 is 1.67. The first kappa shape index (κ1) is 12.3. The largest absolute Gasteiger partial charge is 0.303 e. The Balaban J connectivity index is 1.97. The Hall–Kier alpha value is -1.16. The molecule has 94 valence electrons. The summed E-state index contributed by atoms with van der Waals surface area (Å²) in [7, 11) is 1.83. The van der Waals surface area contributed by atoms with Crippen LogP contribution < -0.4 is 0 Å². The third-order valence-corrected chi connectivity index (χ3v) is 3.64. The number of aryl methyl sites for hydroxylation is 1. The predicted octanol–water partition coefficient (Wildman–Crippen LogP) is 1.51. The fraction of sp³-hybridized carbons (Fsp3) is 0.692. The second-order valence-corrected chi connectivity index (χ2v) is 4.91. The summed E-state index contributed by atoms with van der Waals surface area (Å²) in [6.07, 6.45) is 4.43. The van der Waals surface area contributed by atoms with E-state index in [-0.39, 0.29) is 0 Å². The number of piperidine rings is 1. The SMILES string of the molecule is CCN1CCCC(Cc2cc(C=O)n(C)n2)C1. The predicted molar refractivity (Wildman–Crippen MR) is 67.1 cm³/mol. The van der Waals surface area contributed by atoms with Crippen LogP contribution in [0.15, 0.2) is 6.07 Å². The van der Waals surface area contributed by atoms with Crippen LogP contribution in [-0.2, 0) is 13.5 Å². The van der Waals surface area contributed by atoms with E-state index in [4.69, 9.17) is 0 Å². The molecule has 1 aliphatic rings. The van der Waals surface area contributed by atoms with Gasteiger partial charge in [-0.15, -0.1) is 0 Å². The van der Waals surface area contributed by atoms with Gasteiger partial charge in [0.15, 0.2) is 6.29 Å². The maximum Gasteiger partial charge on any atom is 0.168 e. The van der Waals surface area contributed by atoms with Crippen molar-refractivity contribution in [2.75, 3.05) is 19.6 Å². The summed E-state index contributed by atoms with van der Waals surface area (Å²) in [6, 6.07) is 1.91. The Morgan fingerprint density at radius 3 is 3.06 bits per heavy atom. The van der Waals surface area contributed by atoms with Crippen LogP contribution in [0.25, 0.3) is 0 Å². The van der Waals surface area contributed by atoms with Crippen molar-refractivity contribution in [1.82, 2.24) is 14.7 Å². The highest BCUT2D eigenvalue weighted by Gasteiger charge is 2.20. The van der Waals surface area contributed by atoms with E-state index in [0.717, 1.165) is 24.9 Å². The van der Waals surface area contributed by atoms with E-state index in [9.17, 15) is 4.79 Å². The molecule has 1 fully saturated rings. The summed E-state index contributed by atoms with van der Waals surface area (Å²) in [6.45, 7) is 5.75. The number of hydrogen-bond acceptors (Lipinski definition) is 3. The quantitative estimate of drug-likeness (QED) is 0.742. The second-order valence-electron chi connectivity index (χ2n) is 4.91. The van der Waals surface area contributed by atoms with Gasteiger partial charge < -0.3 is 4.90 Å². The lowest BCUT2D eigenvalue weighted by Crippen LogP contribution is -2.35. The standard InChI is InChI=1S/C13H21N3O/c1-3-16-6-4-5-11(9-16)7-12-8-13(10-17)15(2)14-12/h8,10-11H,3-7,9H2,1-2H3. The number of hydrogen-bond donors (Lipinski definition) is 0. The van der Waals surface area contributed by atoms with E-state index in [0.29, 0.717) is 11.6 Å². The number of aldehydes is 1. The van der Waals surface area contributed by atoms with Gasteiger partial charge in [0.25, 0.3) is 0 Å². The first-order valence-corrected chi connectivity index (χ1v) is 6.43. The van der Waals surface area contributed by atoms with Gasteiger partial charge >= 0.3 is 0 Å². The van der Waals surface area contributed by atoms with Gasteiger partial charge in [0.1, 0.15) is 5.69 Å². The van der Waals surface area contributed by atoms with E-state index < -0.39 is 0 Å². The summed E-state index contributed by atoms with van der Waals surface area (Å²) in [5, 5.41) is 4.39. The van der Waals surface area contributed by atoms with Crippen molar-refractivity contribution >= 4 is 6.29 Å². The Morgan fingerprint density at radius 1 is 1.59 bits per heavy atom. The molecule has 1 aliphatic heterocycles. The van der Waals surface area contributed by atoms with Crippen LogP contribution in [0.3, 0.4) is 0 Å². The Labute approximate surface area is 103 Å². The monoisotopic (exact) mass is 235 g/mol. The molecule has 17 heavy (non-hydrogen) atoms. The molecule has 1 saturated heterocycles. The molecule has 0 aromatic carbocycles. The molecule has 4 nitrogen and oxygen atoms in total. The van der Waals surface area contributed by atoms with E-state index in [1.807, 2.05) is 13.1 Å². The van der Waals surface area contributed by atoms with Crippen molar-refractivity contribution in [3.8, 4) is 0 Å². The Kier molecular flexibility index (Phi) is 3.94. The number of rotatable bonds is 4. The van der Waals surface area contributed by atoms with E-state index >= 15 is 0 Å². The van der Waals surface area contributed by atoms with Crippen molar-refractivity contribution in [3.05, 3.63) is 17.5 Å². The molecular weight excluding hydrogens is 214 g/mol. The third kappa shape index (κ3) is 2.94. The van der Waals surface area contributed by atoms with Crippen LogP contribution >= 0.6 is 0 Å². The fourth-order valence-corrected chi connectivity index (χ4v) is 2.65. The molecule has 1 unspecified atom stereocenters. The average Bonchev–Trinajstić information content (AvgIpc) is 2.69. The van der Waals surface area contributed by atoms with Gasteiger partial charge in [0.2, 0.25) is 0 Å². The highest BCUT2D eigenvalue weighted by molar-refractivity contribution is 5.72. The molecule has 0 bridgehead atoms. The van der Waals surface area contributed by atoms with Crippen LogP contribution in [0, 0.1) is 5.92 Å². The summed E-state index contributed by atoms with van der Waals surface area (Å²) in [5.74, 6) is 0.693. The van der Waals surface area contributed by atoms with Crippen LogP contribution in [0.1, 0.15) is 35.9 Å². The molecule has 2 heterocycles. The first-order chi connectivity index (χ1) is 8.22. The molecule has 0 radical (unpaired) electrons. The molecule has 0 N–H and O–H groups in total. The minimum Gasteiger partial charge on any atom is -0.303 e. The van der Waals surface area contributed by atoms with E-state index in [1.54, 1.807) is 4.68 Å². The van der Waals surface area contributed by atoms with E-state index in [2.05, 4.69) is 16.9 Å². The highest BCUT2D eigenvalue weighted by atomic mass is 16.1. The normalized spacial score (nSPS) is 21.6. The van der Waals surface area contributed by atoms with Gasteiger partial charge in [0, 0.05) is 13.6 Å². The lowest BCUT2D eigenvalue weighted by molar-refractivity contribution is 0.111. The van der Waals surface area contributed by atoms with Crippen LogP contribution in [0.4, 0.5) is 0 Å². The van der Waals surface area contributed by atoms with Crippen molar-refractivity contribution in [3.63, 3.8) is 0 Å². The average molecular weight is 235 g/mol. The van der Waals surface area contributed by atoms with Crippen LogP contribution in [0.2, 0.25) is 0 Å². The molecular formula is C13H21N3O. The van der Waals surface area contributed by atoms with Gasteiger partial charge in [-0.25, -0.2) is 0 Å². The lowest BCUT2D eigenvalue weighted by atomic mass is 9.93.